The van der Waals surface area contributed by atoms with Gasteiger partial charge >= 0.3 is 6.18 Å². The molecule has 1 aromatic rings. The van der Waals surface area contributed by atoms with Gasteiger partial charge < -0.3 is 14.2 Å². The van der Waals surface area contributed by atoms with Crippen LogP contribution >= 0.6 is 15.9 Å². The predicted molar refractivity (Wildman–Crippen MR) is 73.1 cm³/mol. The zero-order chi connectivity index (χ0) is 15.9. The van der Waals surface area contributed by atoms with Crippen LogP contribution in [0.2, 0.25) is 0 Å². The van der Waals surface area contributed by atoms with Crippen molar-refractivity contribution in [3.63, 3.8) is 0 Å². The number of carbonyl (C=O) groups is 1. The summed E-state index contributed by atoms with van der Waals surface area (Å²) < 4.78 is 51.1. The number of carbonyl (C=O) groups excluding carboxylic acids is 1. The Hall–Kier alpha value is -1.28. The van der Waals surface area contributed by atoms with Crippen molar-refractivity contribution in [2.45, 2.75) is 12.6 Å². The Morgan fingerprint density at radius 3 is 2.57 bits per heavy atom. The van der Waals surface area contributed by atoms with E-state index in [1.54, 1.807) is 6.07 Å². The average Bonchev–Trinajstić information content (AvgIpc) is 2.42. The summed E-state index contributed by atoms with van der Waals surface area (Å²) in [6.07, 6.45) is -3.36. The highest BCUT2D eigenvalue weighted by molar-refractivity contribution is 9.10. The smallest absolute Gasteiger partial charge is 0.411 e. The molecule has 0 unspecified atom stereocenters. The molecule has 0 aliphatic heterocycles. The van der Waals surface area contributed by atoms with E-state index in [1.165, 1.54) is 13.2 Å². The third-order valence-electron chi connectivity index (χ3n) is 2.33. The van der Waals surface area contributed by atoms with E-state index in [1.807, 2.05) is 0 Å². The zero-order valence-electron chi connectivity index (χ0n) is 11.2. The van der Waals surface area contributed by atoms with Gasteiger partial charge in [-0.05, 0) is 28.1 Å². The van der Waals surface area contributed by atoms with Crippen molar-refractivity contribution in [1.29, 1.82) is 0 Å². The van der Waals surface area contributed by atoms with Crippen molar-refractivity contribution in [2.24, 2.45) is 0 Å². The second kappa shape index (κ2) is 8.23. The van der Waals surface area contributed by atoms with Gasteiger partial charge in [-0.1, -0.05) is 0 Å². The van der Waals surface area contributed by atoms with Gasteiger partial charge in [0.25, 0.3) is 0 Å². The van der Waals surface area contributed by atoms with Crippen molar-refractivity contribution in [1.82, 2.24) is 0 Å². The van der Waals surface area contributed by atoms with E-state index in [4.69, 9.17) is 9.47 Å². The van der Waals surface area contributed by atoms with Crippen LogP contribution in [0.1, 0.15) is 16.8 Å². The first-order valence-electron chi connectivity index (χ1n) is 5.97. The van der Waals surface area contributed by atoms with Gasteiger partial charge in [0.15, 0.2) is 11.5 Å². The summed E-state index contributed by atoms with van der Waals surface area (Å²) in [6.45, 7) is -1.17. The normalized spacial score (nSPS) is 11.3. The molecule has 0 radical (unpaired) electrons. The second-order valence-corrected chi connectivity index (χ2v) is 4.88. The molecule has 118 valence electrons. The highest BCUT2D eigenvalue weighted by atomic mass is 79.9. The van der Waals surface area contributed by atoms with Crippen molar-refractivity contribution in [3.05, 3.63) is 22.2 Å². The first kappa shape index (κ1) is 17.8. The molecule has 0 bridgehead atoms. The summed E-state index contributed by atoms with van der Waals surface area (Å²) in [7, 11) is 1.43. The molecule has 0 heterocycles. The van der Waals surface area contributed by atoms with E-state index in [2.05, 4.69) is 20.7 Å². The fourth-order valence-electron chi connectivity index (χ4n) is 1.47. The molecule has 0 N–H and O–H groups in total. The molecule has 21 heavy (non-hydrogen) atoms. The molecule has 4 nitrogen and oxygen atoms in total. The number of ether oxygens (including phenoxy) is 3. The molecule has 0 aliphatic rings. The minimum absolute atomic E-state index is 0.0636. The summed E-state index contributed by atoms with van der Waals surface area (Å²) in [6, 6.07) is 3.07. The monoisotopic (exact) mass is 370 g/mol. The van der Waals surface area contributed by atoms with Crippen LogP contribution in [0.5, 0.6) is 11.5 Å². The summed E-state index contributed by atoms with van der Waals surface area (Å²) >= 11 is 3.24. The topological polar surface area (TPSA) is 44.8 Å². The second-order valence-electron chi connectivity index (χ2n) is 4.02. The lowest BCUT2D eigenvalue weighted by Gasteiger charge is -2.13. The van der Waals surface area contributed by atoms with E-state index in [0.29, 0.717) is 34.2 Å². The standard InChI is InChI=1S/C13H14BrF3O4/c1-19-11-6-9(7-18)5-10(14)12(11)21-4-2-3-20-8-13(15,16)17/h5-7H,2-4,8H2,1H3. The number of hydrogen-bond acceptors (Lipinski definition) is 4. The highest BCUT2D eigenvalue weighted by Crippen LogP contribution is 2.36. The first-order chi connectivity index (χ1) is 9.87. The lowest BCUT2D eigenvalue weighted by Crippen LogP contribution is -2.18. The van der Waals surface area contributed by atoms with Gasteiger partial charge in [-0.15, -0.1) is 0 Å². The van der Waals surface area contributed by atoms with Crippen LogP contribution in [-0.2, 0) is 4.74 Å². The number of benzene rings is 1. The predicted octanol–water partition coefficient (Wildman–Crippen LogP) is 3.62. The van der Waals surface area contributed by atoms with E-state index in [9.17, 15) is 18.0 Å². The summed E-state index contributed by atoms with van der Waals surface area (Å²) in [5.41, 5.74) is 0.416. The Morgan fingerprint density at radius 1 is 1.29 bits per heavy atom. The number of halogens is 4. The van der Waals surface area contributed by atoms with Gasteiger partial charge in [0.05, 0.1) is 24.8 Å². The average molecular weight is 371 g/mol. The maximum Gasteiger partial charge on any atom is 0.411 e. The largest absolute Gasteiger partial charge is 0.493 e. The number of rotatable bonds is 8. The Morgan fingerprint density at radius 2 is 2.00 bits per heavy atom. The first-order valence-corrected chi connectivity index (χ1v) is 6.76. The number of alkyl halides is 3. The highest BCUT2D eigenvalue weighted by Gasteiger charge is 2.27. The number of aldehydes is 1. The minimum atomic E-state index is -4.32. The van der Waals surface area contributed by atoms with E-state index >= 15 is 0 Å². The van der Waals surface area contributed by atoms with Gasteiger partial charge in [0.1, 0.15) is 12.9 Å². The van der Waals surface area contributed by atoms with Gasteiger partial charge in [-0.2, -0.15) is 13.2 Å². The quantitative estimate of drug-likeness (QED) is 0.517. The molecule has 0 saturated heterocycles. The third-order valence-corrected chi connectivity index (χ3v) is 2.92. The molecular weight excluding hydrogens is 357 g/mol. The summed E-state index contributed by atoms with van der Waals surface area (Å²) in [5, 5.41) is 0. The Balaban J connectivity index is 2.47. The lowest BCUT2D eigenvalue weighted by molar-refractivity contribution is -0.174. The molecule has 0 amide bonds. The molecule has 0 aliphatic carbocycles. The maximum atomic E-state index is 11.8. The van der Waals surface area contributed by atoms with Crippen molar-refractivity contribution in [2.75, 3.05) is 26.9 Å². The zero-order valence-corrected chi connectivity index (χ0v) is 12.8. The van der Waals surface area contributed by atoms with Crippen molar-refractivity contribution < 1.29 is 32.2 Å². The van der Waals surface area contributed by atoms with Crippen LogP contribution in [0.4, 0.5) is 13.2 Å². The van der Waals surface area contributed by atoms with Crippen LogP contribution in [0.3, 0.4) is 0 Å². The molecule has 1 aromatic carbocycles. The van der Waals surface area contributed by atoms with Crippen LogP contribution in [0.25, 0.3) is 0 Å². The molecule has 0 saturated carbocycles. The van der Waals surface area contributed by atoms with Crippen molar-refractivity contribution in [3.8, 4) is 11.5 Å². The van der Waals surface area contributed by atoms with Gasteiger partial charge in [-0.3, -0.25) is 4.79 Å². The molecule has 0 aromatic heterocycles. The molecule has 0 atom stereocenters. The van der Waals surface area contributed by atoms with Crippen LogP contribution in [0.15, 0.2) is 16.6 Å². The van der Waals surface area contributed by atoms with E-state index < -0.39 is 12.8 Å². The minimum Gasteiger partial charge on any atom is -0.493 e. The van der Waals surface area contributed by atoms with Crippen molar-refractivity contribution >= 4 is 22.2 Å². The molecule has 0 spiro atoms. The SMILES string of the molecule is COc1cc(C=O)cc(Br)c1OCCCOCC(F)(F)F. The van der Waals surface area contributed by atoms with Crippen LogP contribution in [0, 0.1) is 0 Å². The Kier molecular flexibility index (Phi) is 6.97. The Bertz CT molecular complexity index is 477. The van der Waals surface area contributed by atoms with Gasteiger partial charge in [0, 0.05) is 12.0 Å². The maximum absolute atomic E-state index is 11.8. The Labute approximate surface area is 128 Å². The van der Waals surface area contributed by atoms with E-state index in [0.717, 1.165) is 0 Å². The molecule has 8 heteroatoms. The van der Waals surface area contributed by atoms with E-state index in [-0.39, 0.29) is 13.2 Å². The van der Waals surface area contributed by atoms with Crippen LogP contribution < -0.4 is 9.47 Å². The summed E-state index contributed by atoms with van der Waals surface area (Å²) in [4.78, 5) is 10.7. The lowest BCUT2D eigenvalue weighted by atomic mass is 10.2. The number of methoxy groups -OCH3 is 1. The molecule has 1 rings (SSSR count). The van der Waals surface area contributed by atoms with Gasteiger partial charge in [-0.25, -0.2) is 0 Å². The fraction of sp³-hybridized carbons (Fsp3) is 0.462. The third kappa shape index (κ3) is 6.34. The van der Waals surface area contributed by atoms with Gasteiger partial charge in [0.2, 0.25) is 0 Å². The fourth-order valence-corrected chi connectivity index (χ4v) is 2.05. The molecule has 0 fully saturated rings. The molecular formula is C13H14BrF3O4. The van der Waals surface area contributed by atoms with Crippen LogP contribution in [-0.4, -0.2) is 39.4 Å². The number of hydrogen-bond donors (Lipinski definition) is 0. The summed E-state index contributed by atoms with van der Waals surface area (Å²) in [5.74, 6) is 0.751.